The maximum Gasteiger partial charge on any atom is 0.374 e. The number of carbonyl (C=O) groups is 2. The van der Waals surface area contributed by atoms with Crippen LogP contribution in [-0.4, -0.2) is 34.2 Å². The van der Waals surface area contributed by atoms with E-state index < -0.39 is 18.0 Å². The van der Waals surface area contributed by atoms with E-state index in [9.17, 15) is 14.4 Å². The van der Waals surface area contributed by atoms with Gasteiger partial charge in [0, 0.05) is 4.88 Å². The van der Waals surface area contributed by atoms with Crippen LogP contribution in [0.15, 0.2) is 4.79 Å². The lowest BCUT2D eigenvalue weighted by atomic mass is 9.89. The van der Waals surface area contributed by atoms with E-state index in [2.05, 4.69) is 11.9 Å². The Bertz CT molecular complexity index is 975. The van der Waals surface area contributed by atoms with Crippen LogP contribution in [0.25, 0.3) is 10.2 Å². The van der Waals surface area contributed by atoms with E-state index in [-0.39, 0.29) is 24.1 Å². The molecule has 2 aromatic rings. The SMILES string of the molecule is CCOC(=O)c1nc2sc3c(c2c(=O)n1[C@@H](C)C(=O)OC(C)C)CC[C@@H](C)C3. The molecule has 28 heavy (non-hydrogen) atoms. The Morgan fingerprint density at radius 3 is 2.68 bits per heavy atom. The summed E-state index contributed by atoms with van der Waals surface area (Å²) in [6, 6.07) is -0.982. The lowest BCUT2D eigenvalue weighted by molar-refractivity contribution is -0.151. The van der Waals surface area contributed by atoms with Gasteiger partial charge < -0.3 is 9.47 Å². The number of nitrogens with zero attached hydrogens (tertiary/aromatic N) is 2. The second-order valence-electron chi connectivity index (χ2n) is 7.52. The average molecular weight is 407 g/mol. The van der Waals surface area contributed by atoms with Crippen molar-refractivity contribution < 1.29 is 19.1 Å². The number of aromatic nitrogens is 2. The normalized spacial score (nSPS) is 17.4. The lowest BCUT2D eigenvalue weighted by Gasteiger charge is -2.20. The highest BCUT2D eigenvalue weighted by atomic mass is 32.1. The molecule has 0 fully saturated rings. The molecule has 0 aromatic carbocycles. The van der Waals surface area contributed by atoms with Crippen LogP contribution < -0.4 is 5.56 Å². The monoisotopic (exact) mass is 406 g/mol. The van der Waals surface area contributed by atoms with Crippen molar-refractivity contribution >= 4 is 33.5 Å². The first kappa shape index (κ1) is 20.5. The molecular weight excluding hydrogens is 380 g/mol. The molecule has 0 saturated carbocycles. The van der Waals surface area contributed by atoms with Gasteiger partial charge in [-0.3, -0.25) is 9.36 Å². The van der Waals surface area contributed by atoms with Crippen LogP contribution >= 0.6 is 11.3 Å². The van der Waals surface area contributed by atoms with Crippen molar-refractivity contribution in [2.45, 2.75) is 66.0 Å². The third-order valence-electron chi connectivity index (χ3n) is 4.90. The first-order valence-electron chi connectivity index (χ1n) is 9.68. The average Bonchev–Trinajstić information content (AvgIpc) is 2.98. The Kier molecular flexibility index (Phi) is 5.88. The number of hydrogen-bond acceptors (Lipinski definition) is 7. The van der Waals surface area contributed by atoms with Gasteiger partial charge in [0.2, 0.25) is 5.82 Å². The second-order valence-corrected chi connectivity index (χ2v) is 8.61. The number of carbonyl (C=O) groups excluding carboxylic acids is 2. The number of fused-ring (bicyclic) bond motifs is 3. The van der Waals surface area contributed by atoms with Crippen LogP contribution in [0.2, 0.25) is 0 Å². The van der Waals surface area contributed by atoms with Gasteiger partial charge in [0.05, 0.1) is 18.1 Å². The largest absolute Gasteiger partial charge is 0.461 e. The molecule has 0 amide bonds. The standard InChI is InChI=1S/C20H26N2O5S/c1-6-26-20(25)16-21-17-15(13-8-7-11(4)9-14(13)28-17)18(23)22(16)12(5)19(24)27-10(2)3/h10-12H,6-9H2,1-5H3/t11-,12+/m1/s1. The molecular formula is C20H26N2O5S. The summed E-state index contributed by atoms with van der Waals surface area (Å²) in [5.41, 5.74) is 0.623. The second kappa shape index (κ2) is 8.03. The van der Waals surface area contributed by atoms with Crippen molar-refractivity contribution in [1.82, 2.24) is 9.55 Å². The maximum absolute atomic E-state index is 13.4. The van der Waals surface area contributed by atoms with E-state index in [0.717, 1.165) is 34.3 Å². The molecule has 7 nitrogen and oxygen atoms in total. The van der Waals surface area contributed by atoms with Crippen LogP contribution in [0, 0.1) is 5.92 Å². The minimum atomic E-state index is -0.982. The molecule has 2 aromatic heterocycles. The van der Waals surface area contributed by atoms with Gasteiger partial charge in [0.25, 0.3) is 5.56 Å². The highest BCUT2D eigenvalue weighted by Gasteiger charge is 2.31. The highest BCUT2D eigenvalue weighted by molar-refractivity contribution is 7.18. The zero-order valence-electron chi connectivity index (χ0n) is 16.9. The van der Waals surface area contributed by atoms with Crippen LogP contribution in [0.5, 0.6) is 0 Å². The highest BCUT2D eigenvalue weighted by Crippen LogP contribution is 2.36. The Hall–Kier alpha value is -2.22. The molecule has 0 spiro atoms. The van der Waals surface area contributed by atoms with Gasteiger partial charge in [0.1, 0.15) is 10.9 Å². The molecule has 3 rings (SSSR count). The summed E-state index contributed by atoms with van der Waals surface area (Å²) in [4.78, 5) is 44.6. The Morgan fingerprint density at radius 1 is 1.32 bits per heavy atom. The molecule has 0 unspecified atom stereocenters. The van der Waals surface area contributed by atoms with Crippen LogP contribution in [-0.2, 0) is 27.1 Å². The van der Waals surface area contributed by atoms with Gasteiger partial charge in [-0.25, -0.2) is 14.6 Å². The topological polar surface area (TPSA) is 87.5 Å². The van der Waals surface area contributed by atoms with E-state index in [0.29, 0.717) is 16.1 Å². The minimum Gasteiger partial charge on any atom is -0.461 e. The van der Waals surface area contributed by atoms with Gasteiger partial charge in [-0.05, 0) is 58.4 Å². The number of aryl methyl sites for hydroxylation is 1. The zero-order chi connectivity index (χ0) is 20.6. The predicted octanol–water partition coefficient (Wildman–Crippen LogP) is 3.27. The fourth-order valence-corrected chi connectivity index (χ4v) is 4.91. The summed E-state index contributed by atoms with van der Waals surface area (Å²) >= 11 is 1.46. The van der Waals surface area contributed by atoms with Crippen LogP contribution in [0.1, 0.15) is 68.1 Å². The van der Waals surface area contributed by atoms with Crippen molar-refractivity contribution in [1.29, 1.82) is 0 Å². The minimum absolute atomic E-state index is 0.149. The van der Waals surface area contributed by atoms with Gasteiger partial charge in [0.15, 0.2) is 0 Å². The predicted molar refractivity (Wildman–Crippen MR) is 107 cm³/mol. The third-order valence-corrected chi connectivity index (χ3v) is 6.05. The van der Waals surface area contributed by atoms with Gasteiger partial charge >= 0.3 is 11.9 Å². The number of hydrogen-bond donors (Lipinski definition) is 0. The fraction of sp³-hybridized carbons (Fsp3) is 0.600. The van der Waals surface area contributed by atoms with Crippen molar-refractivity contribution in [3.63, 3.8) is 0 Å². The van der Waals surface area contributed by atoms with Gasteiger partial charge in [-0.1, -0.05) is 6.92 Å². The summed E-state index contributed by atoms with van der Waals surface area (Å²) < 4.78 is 11.5. The Balaban J connectivity index is 2.22. The molecule has 1 aliphatic rings. The molecule has 0 saturated heterocycles. The summed E-state index contributed by atoms with van der Waals surface area (Å²) in [6.07, 6.45) is 2.37. The Morgan fingerprint density at radius 2 is 2.04 bits per heavy atom. The molecule has 152 valence electrons. The molecule has 0 N–H and O–H groups in total. The smallest absolute Gasteiger partial charge is 0.374 e. The van der Waals surface area contributed by atoms with Crippen LogP contribution in [0.3, 0.4) is 0 Å². The van der Waals surface area contributed by atoms with Crippen molar-refractivity contribution in [3.8, 4) is 0 Å². The van der Waals surface area contributed by atoms with Gasteiger partial charge in [-0.15, -0.1) is 11.3 Å². The van der Waals surface area contributed by atoms with Crippen molar-refractivity contribution in [2.75, 3.05) is 6.61 Å². The lowest BCUT2D eigenvalue weighted by Crippen LogP contribution is -2.35. The van der Waals surface area contributed by atoms with E-state index in [1.54, 1.807) is 27.7 Å². The third kappa shape index (κ3) is 3.70. The number of thiophene rings is 1. The summed E-state index contributed by atoms with van der Waals surface area (Å²) in [5, 5.41) is 0.518. The van der Waals surface area contributed by atoms with Crippen molar-refractivity contribution in [2.24, 2.45) is 5.92 Å². The summed E-state index contributed by atoms with van der Waals surface area (Å²) in [6.45, 7) is 9.03. The Labute approximate surface area is 167 Å². The first-order valence-corrected chi connectivity index (χ1v) is 10.5. The van der Waals surface area contributed by atoms with E-state index in [1.807, 2.05) is 0 Å². The molecule has 8 heteroatoms. The quantitative estimate of drug-likeness (QED) is 0.708. The van der Waals surface area contributed by atoms with Crippen LogP contribution in [0.4, 0.5) is 0 Å². The zero-order valence-corrected chi connectivity index (χ0v) is 17.7. The van der Waals surface area contributed by atoms with E-state index in [4.69, 9.17) is 9.47 Å². The molecule has 2 atom stereocenters. The summed E-state index contributed by atoms with van der Waals surface area (Å²) in [5.74, 6) is -0.904. The number of ether oxygens (including phenoxy) is 2. The first-order chi connectivity index (χ1) is 13.2. The molecule has 2 heterocycles. The molecule has 0 bridgehead atoms. The summed E-state index contributed by atoms with van der Waals surface area (Å²) in [7, 11) is 0. The van der Waals surface area contributed by atoms with E-state index in [1.165, 1.54) is 11.3 Å². The molecule has 0 aliphatic heterocycles. The van der Waals surface area contributed by atoms with Crippen molar-refractivity contribution in [3.05, 3.63) is 26.6 Å². The number of esters is 2. The molecule has 1 aliphatic carbocycles. The fourth-order valence-electron chi connectivity index (χ4n) is 3.54. The van der Waals surface area contributed by atoms with Gasteiger partial charge in [-0.2, -0.15) is 0 Å². The maximum atomic E-state index is 13.4. The van der Waals surface area contributed by atoms with E-state index >= 15 is 0 Å². The molecule has 0 radical (unpaired) electrons. The number of rotatable bonds is 5.